The van der Waals surface area contributed by atoms with Crippen LogP contribution in [0.4, 0.5) is 0 Å². The molecule has 1 aliphatic rings. The minimum absolute atomic E-state index is 0.0665. The van der Waals surface area contributed by atoms with Gasteiger partial charge in [-0.3, -0.25) is 4.79 Å². The van der Waals surface area contributed by atoms with Gasteiger partial charge in [0.05, 0.1) is 0 Å². The standard InChI is InChI=1S/C15H30N2O/c1-11(2)12-9-14(3,4)17(13(18)7-8-16)15(5,6)10-12/h11-12H,7-10,16H2,1-6H3. The van der Waals surface area contributed by atoms with Crippen LogP contribution in [0.2, 0.25) is 0 Å². The molecule has 1 saturated heterocycles. The zero-order valence-corrected chi connectivity index (χ0v) is 12.9. The highest BCUT2D eigenvalue weighted by Crippen LogP contribution is 2.44. The highest BCUT2D eigenvalue weighted by atomic mass is 16.2. The Morgan fingerprint density at radius 3 is 2.00 bits per heavy atom. The van der Waals surface area contributed by atoms with Gasteiger partial charge in [-0.2, -0.15) is 0 Å². The summed E-state index contributed by atoms with van der Waals surface area (Å²) in [5, 5.41) is 0. The number of piperidine rings is 1. The fourth-order valence-electron chi connectivity index (χ4n) is 3.74. The van der Waals surface area contributed by atoms with Crippen LogP contribution in [0.1, 0.15) is 60.8 Å². The molecule has 1 fully saturated rings. The van der Waals surface area contributed by atoms with E-state index in [0.29, 0.717) is 24.8 Å². The number of rotatable bonds is 3. The lowest BCUT2D eigenvalue weighted by molar-refractivity contribution is -0.152. The van der Waals surface area contributed by atoms with Gasteiger partial charge in [-0.15, -0.1) is 0 Å². The molecule has 0 bridgehead atoms. The molecule has 0 aliphatic carbocycles. The third-order valence-electron chi connectivity index (χ3n) is 4.28. The largest absolute Gasteiger partial charge is 0.332 e. The van der Waals surface area contributed by atoms with E-state index in [-0.39, 0.29) is 17.0 Å². The van der Waals surface area contributed by atoms with Gasteiger partial charge in [0, 0.05) is 24.0 Å². The molecule has 3 nitrogen and oxygen atoms in total. The van der Waals surface area contributed by atoms with Crippen molar-refractivity contribution >= 4 is 5.91 Å². The van der Waals surface area contributed by atoms with Crippen LogP contribution in [0.15, 0.2) is 0 Å². The van der Waals surface area contributed by atoms with E-state index in [4.69, 9.17) is 5.73 Å². The Morgan fingerprint density at radius 2 is 1.67 bits per heavy atom. The number of amides is 1. The van der Waals surface area contributed by atoms with Crippen LogP contribution in [0.5, 0.6) is 0 Å². The fourth-order valence-corrected chi connectivity index (χ4v) is 3.74. The van der Waals surface area contributed by atoms with E-state index in [0.717, 1.165) is 12.8 Å². The first kappa shape index (κ1) is 15.5. The normalized spacial score (nSPS) is 23.4. The number of nitrogens with zero attached hydrogens (tertiary/aromatic N) is 1. The van der Waals surface area contributed by atoms with Gasteiger partial charge >= 0.3 is 0 Å². The van der Waals surface area contributed by atoms with Gasteiger partial charge < -0.3 is 10.6 Å². The summed E-state index contributed by atoms with van der Waals surface area (Å²) in [6.07, 6.45) is 2.63. The molecule has 0 atom stereocenters. The Kier molecular flexibility index (Phi) is 4.47. The average molecular weight is 254 g/mol. The summed E-state index contributed by atoms with van der Waals surface area (Å²) in [4.78, 5) is 14.4. The number of carbonyl (C=O) groups excluding carboxylic acids is 1. The molecular formula is C15H30N2O. The van der Waals surface area contributed by atoms with Gasteiger partial charge in [-0.25, -0.2) is 0 Å². The van der Waals surface area contributed by atoms with Crippen molar-refractivity contribution in [1.82, 2.24) is 4.90 Å². The van der Waals surface area contributed by atoms with Gasteiger partial charge in [0.15, 0.2) is 0 Å². The Hall–Kier alpha value is -0.570. The van der Waals surface area contributed by atoms with Crippen molar-refractivity contribution in [2.75, 3.05) is 6.54 Å². The second-order valence-corrected chi connectivity index (χ2v) is 7.31. The van der Waals surface area contributed by atoms with Crippen LogP contribution >= 0.6 is 0 Å². The Morgan fingerprint density at radius 1 is 1.22 bits per heavy atom. The van der Waals surface area contributed by atoms with Crippen molar-refractivity contribution in [3.05, 3.63) is 0 Å². The Bertz CT molecular complexity index is 290. The van der Waals surface area contributed by atoms with Gasteiger partial charge in [0.2, 0.25) is 5.91 Å². The lowest BCUT2D eigenvalue weighted by Crippen LogP contribution is -2.63. The molecule has 0 radical (unpaired) electrons. The highest BCUT2D eigenvalue weighted by molar-refractivity contribution is 5.78. The molecule has 0 aromatic rings. The Labute approximate surface area is 112 Å². The van der Waals surface area contributed by atoms with E-state index in [1.807, 2.05) is 0 Å². The zero-order valence-electron chi connectivity index (χ0n) is 12.9. The molecule has 0 saturated carbocycles. The molecule has 1 amide bonds. The summed E-state index contributed by atoms with van der Waals surface area (Å²) >= 11 is 0. The number of likely N-dealkylation sites (tertiary alicyclic amines) is 1. The van der Waals surface area contributed by atoms with Crippen molar-refractivity contribution < 1.29 is 4.79 Å². The van der Waals surface area contributed by atoms with Gasteiger partial charge in [-0.1, -0.05) is 13.8 Å². The summed E-state index contributed by atoms with van der Waals surface area (Å²) < 4.78 is 0. The molecule has 1 rings (SSSR count). The lowest BCUT2D eigenvalue weighted by Gasteiger charge is -2.56. The summed E-state index contributed by atoms with van der Waals surface area (Å²) in [7, 11) is 0. The zero-order chi connectivity index (χ0) is 14.1. The van der Waals surface area contributed by atoms with Gasteiger partial charge in [0.25, 0.3) is 0 Å². The molecule has 0 aromatic carbocycles. The lowest BCUT2D eigenvalue weighted by atomic mass is 9.70. The molecule has 1 aliphatic heterocycles. The van der Waals surface area contributed by atoms with E-state index >= 15 is 0 Å². The topological polar surface area (TPSA) is 46.3 Å². The second-order valence-electron chi connectivity index (χ2n) is 7.31. The summed E-state index contributed by atoms with van der Waals surface area (Å²) in [5.41, 5.74) is 5.41. The maximum absolute atomic E-state index is 12.4. The maximum Gasteiger partial charge on any atom is 0.224 e. The SMILES string of the molecule is CC(C)C1CC(C)(C)N(C(=O)CCN)C(C)(C)C1. The predicted molar refractivity (Wildman–Crippen MR) is 76.2 cm³/mol. The highest BCUT2D eigenvalue weighted by Gasteiger charge is 2.47. The van der Waals surface area contributed by atoms with Crippen LogP contribution in [0.25, 0.3) is 0 Å². The van der Waals surface area contributed by atoms with E-state index in [1.54, 1.807) is 0 Å². The van der Waals surface area contributed by atoms with Crippen LogP contribution in [0, 0.1) is 11.8 Å². The van der Waals surface area contributed by atoms with Crippen molar-refractivity contribution in [1.29, 1.82) is 0 Å². The molecule has 0 spiro atoms. The van der Waals surface area contributed by atoms with Crippen molar-refractivity contribution in [3.8, 4) is 0 Å². The third kappa shape index (κ3) is 3.05. The first-order chi connectivity index (χ1) is 8.12. The van der Waals surface area contributed by atoms with E-state index < -0.39 is 0 Å². The monoisotopic (exact) mass is 254 g/mol. The number of hydrogen-bond donors (Lipinski definition) is 1. The van der Waals surface area contributed by atoms with Crippen molar-refractivity contribution in [3.63, 3.8) is 0 Å². The number of nitrogens with two attached hydrogens (primary N) is 1. The molecular weight excluding hydrogens is 224 g/mol. The van der Waals surface area contributed by atoms with Crippen LogP contribution in [0.3, 0.4) is 0 Å². The van der Waals surface area contributed by atoms with Gasteiger partial charge in [-0.05, 0) is 52.4 Å². The van der Waals surface area contributed by atoms with Crippen LogP contribution < -0.4 is 5.73 Å². The molecule has 0 unspecified atom stereocenters. The minimum Gasteiger partial charge on any atom is -0.332 e. The smallest absolute Gasteiger partial charge is 0.224 e. The molecule has 3 heteroatoms. The van der Waals surface area contributed by atoms with Crippen LogP contribution in [-0.4, -0.2) is 28.4 Å². The fraction of sp³-hybridized carbons (Fsp3) is 0.933. The first-order valence-corrected chi connectivity index (χ1v) is 7.15. The second kappa shape index (κ2) is 5.20. The summed E-state index contributed by atoms with van der Waals surface area (Å²) in [6.45, 7) is 13.8. The number of hydrogen-bond acceptors (Lipinski definition) is 2. The molecule has 106 valence electrons. The summed E-state index contributed by atoms with van der Waals surface area (Å²) in [5.74, 6) is 1.57. The molecule has 18 heavy (non-hydrogen) atoms. The van der Waals surface area contributed by atoms with Crippen molar-refractivity contribution in [2.24, 2.45) is 17.6 Å². The van der Waals surface area contributed by atoms with Crippen molar-refractivity contribution in [2.45, 2.75) is 71.9 Å². The van der Waals surface area contributed by atoms with E-state index in [1.165, 1.54) is 0 Å². The van der Waals surface area contributed by atoms with Gasteiger partial charge in [0.1, 0.15) is 0 Å². The molecule has 0 aromatic heterocycles. The first-order valence-electron chi connectivity index (χ1n) is 7.15. The van der Waals surface area contributed by atoms with E-state index in [9.17, 15) is 4.79 Å². The maximum atomic E-state index is 12.4. The predicted octanol–water partition coefficient (Wildman–Crippen LogP) is 2.79. The third-order valence-corrected chi connectivity index (χ3v) is 4.28. The van der Waals surface area contributed by atoms with Crippen LogP contribution in [-0.2, 0) is 4.79 Å². The quantitative estimate of drug-likeness (QED) is 0.842. The molecule has 2 N–H and O–H groups in total. The minimum atomic E-state index is -0.0665. The Balaban J connectivity index is 3.00. The number of carbonyl (C=O) groups is 1. The average Bonchev–Trinajstić information content (AvgIpc) is 2.13. The molecule has 1 heterocycles. The van der Waals surface area contributed by atoms with E-state index in [2.05, 4.69) is 46.4 Å². The summed E-state index contributed by atoms with van der Waals surface area (Å²) in [6, 6.07) is 0.